The van der Waals surface area contributed by atoms with Crippen LogP contribution in [0.2, 0.25) is 0 Å². The first kappa shape index (κ1) is 21.3. The third-order valence-corrected chi connectivity index (χ3v) is 5.85. The summed E-state index contributed by atoms with van der Waals surface area (Å²) >= 11 is 0. The molecule has 7 nitrogen and oxygen atoms in total. The van der Waals surface area contributed by atoms with E-state index in [0.717, 1.165) is 37.8 Å². The zero-order valence-electron chi connectivity index (χ0n) is 18.0. The van der Waals surface area contributed by atoms with Crippen LogP contribution < -0.4 is 11.2 Å². The van der Waals surface area contributed by atoms with Crippen LogP contribution in [-0.4, -0.2) is 37.9 Å². The van der Waals surface area contributed by atoms with E-state index in [1.54, 1.807) is 6.07 Å². The minimum Gasteiger partial charge on any atom is -0.336 e. The lowest BCUT2D eigenvalue weighted by Gasteiger charge is -2.34. The first-order chi connectivity index (χ1) is 13.9. The summed E-state index contributed by atoms with van der Waals surface area (Å²) in [5.41, 5.74) is 0.376. The SMILES string of the molecule is CCCn1c(=O)[nH]c(=O)c2c(C(=O)N(CC)C3CCCCC3)cc(C(C)C)nc21. The van der Waals surface area contributed by atoms with Crippen molar-refractivity contribution in [1.82, 2.24) is 19.4 Å². The molecule has 2 aromatic heterocycles. The van der Waals surface area contributed by atoms with Crippen LogP contribution in [0.3, 0.4) is 0 Å². The highest BCUT2D eigenvalue weighted by Crippen LogP contribution is 2.26. The highest BCUT2D eigenvalue weighted by Gasteiger charge is 2.28. The van der Waals surface area contributed by atoms with E-state index >= 15 is 0 Å². The van der Waals surface area contributed by atoms with Gasteiger partial charge in [-0.1, -0.05) is 40.0 Å². The van der Waals surface area contributed by atoms with Crippen LogP contribution in [-0.2, 0) is 6.54 Å². The molecule has 1 fully saturated rings. The van der Waals surface area contributed by atoms with Crippen LogP contribution in [0.25, 0.3) is 11.0 Å². The Morgan fingerprint density at radius 1 is 1.24 bits per heavy atom. The number of aromatic nitrogens is 3. The lowest BCUT2D eigenvalue weighted by molar-refractivity contribution is 0.0649. The largest absolute Gasteiger partial charge is 0.336 e. The van der Waals surface area contributed by atoms with E-state index in [0.29, 0.717) is 24.3 Å². The van der Waals surface area contributed by atoms with Gasteiger partial charge in [-0.05, 0) is 38.2 Å². The van der Waals surface area contributed by atoms with Crippen molar-refractivity contribution in [2.45, 2.75) is 84.7 Å². The number of amides is 1. The van der Waals surface area contributed by atoms with Crippen LogP contribution in [0, 0.1) is 0 Å². The topological polar surface area (TPSA) is 88.1 Å². The molecule has 0 bridgehead atoms. The molecule has 0 unspecified atom stereocenters. The number of hydrogen-bond acceptors (Lipinski definition) is 4. The Hall–Kier alpha value is -2.44. The van der Waals surface area contributed by atoms with E-state index in [2.05, 4.69) is 9.97 Å². The highest BCUT2D eigenvalue weighted by atomic mass is 16.2. The fourth-order valence-electron chi connectivity index (χ4n) is 4.30. The molecule has 1 aliphatic rings. The molecular formula is C22H32N4O3. The Bertz CT molecular complexity index is 1000. The van der Waals surface area contributed by atoms with Gasteiger partial charge in [0.2, 0.25) is 0 Å². The number of carbonyl (C=O) groups is 1. The molecule has 0 aliphatic heterocycles. The van der Waals surface area contributed by atoms with Gasteiger partial charge >= 0.3 is 5.69 Å². The standard InChI is InChI=1S/C22H32N4O3/c1-5-12-26-19-18(20(27)24-22(26)29)16(13-17(23-19)14(3)4)21(28)25(6-2)15-10-8-7-9-11-15/h13-15H,5-12H2,1-4H3,(H,24,27,29). The summed E-state index contributed by atoms with van der Waals surface area (Å²) in [6.07, 6.45) is 6.17. The Kier molecular flexibility index (Phi) is 6.55. The maximum Gasteiger partial charge on any atom is 0.329 e. The van der Waals surface area contributed by atoms with Gasteiger partial charge in [0.25, 0.3) is 11.5 Å². The van der Waals surface area contributed by atoms with Crippen molar-refractivity contribution < 1.29 is 4.79 Å². The summed E-state index contributed by atoms with van der Waals surface area (Å²) in [6.45, 7) is 8.97. The van der Waals surface area contributed by atoms with Gasteiger partial charge in [0, 0.05) is 24.8 Å². The average molecular weight is 401 g/mol. The molecule has 0 aromatic carbocycles. The second-order valence-corrected chi connectivity index (χ2v) is 8.24. The summed E-state index contributed by atoms with van der Waals surface area (Å²) in [4.78, 5) is 47.7. The summed E-state index contributed by atoms with van der Waals surface area (Å²) in [5.74, 6) is -0.0685. The van der Waals surface area contributed by atoms with Crippen molar-refractivity contribution >= 4 is 16.9 Å². The van der Waals surface area contributed by atoms with E-state index in [4.69, 9.17) is 0 Å². The summed E-state index contributed by atoms with van der Waals surface area (Å²) < 4.78 is 1.48. The number of H-pyrrole nitrogens is 1. The van der Waals surface area contributed by atoms with Gasteiger partial charge in [0.15, 0.2) is 5.65 Å². The van der Waals surface area contributed by atoms with Gasteiger partial charge in [-0.25, -0.2) is 9.78 Å². The Morgan fingerprint density at radius 3 is 2.52 bits per heavy atom. The molecule has 0 atom stereocenters. The molecule has 1 aliphatic carbocycles. The second kappa shape index (κ2) is 8.93. The number of hydrogen-bond donors (Lipinski definition) is 1. The number of carbonyl (C=O) groups excluding carboxylic acids is 1. The van der Waals surface area contributed by atoms with Gasteiger partial charge in [-0.2, -0.15) is 0 Å². The van der Waals surface area contributed by atoms with Crippen LogP contribution in [0.1, 0.15) is 88.2 Å². The fourth-order valence-corrected chi connectivity index (χ4v) is 4.30. The number of pyridine rings is 1. The smallest absolute Gasteiger partial charge is 0.329 e. The quantitative estimate of drug-likeness (QED) is 0.805. The van der Waals surface area contributed by atoms with E-state index in [1.807, 2.05) is 32.6 Å². The molecule has 3 rings (SSSR count). The predicted octanol–water partition coefficient (Wildman–Crippen LogP) is 3.41. The molecule has 7 heteroatoms. The monoisotopic (exact) mass is 400 g/mol. The molecule has 1 saturated carbocycles. The molecule has 158 valence electrons. The first-order valence-electron chi connectivity index (χ1n) is 10.9. The van der Waals surface area contributed by atoms with Gasteiger partial charge in [0.1, 0.15) is 0 Å². The molecule has 1 amide bonds. The number of rotatable bonds is 6. The molecule has 29 heavy (non-hydrogen) atoms. The van der Waals surface area contributed by atoms with E-state index < -0.39 is 11.2 Å². The maximum absolute atomic E-state index is 13.6. The minimum atomic E-state index is -0.539. The third kappa shape index (κ3) is 4.14. The number of nitrogens with zero attached hydrogens (tertiary/aromatic N) is 3. The van der Waals surface area contributed by atoms with Crippen LogP contribution in [0.4, 0.5) is 0 Å². The fraction of sp³-hybridized carbons (Fsp3) is 0.636. The van der Waals surface area contributed by atoms with Crippen molar-refractivity contribution in [2.24, 2.45) is 0 Å². The summed E-state index contributed by atoms with van der Waals surface area (Å²) in [5, 5.41) is 0.224. The van der Waals surface area contributed by atoms with Crippen molar-refractivity contribution in [3.8, 4) is 0 Å². The zero-order chi connectivity index (χ0) is 21.1. The number of fused-ring (bicyclic) bond motifs is 1. The van der Waals surface area contributed by atoms with E-state index in [9.17, 15) is 14.4 Å². The zero-order valence-corrected chi connectivity index (χ0v) is 18.0. The number of aryl methyl sites for hydroxylation is 1. The first-order valence-corrected chi connectivity index (χ1v) is 10.9. The molecule has 2 aromatic rings. The van der Waals surface area contributed by atoms with Crippen molar-refractivity contribution in [2.75, 3.05) is 6.54 Å². The normalized spacial score (nSPS) is 15.2. The third-order valence-electron chi connectivity index (χ3n) is 5.85. The average Bonchev–Trinajstić information content (AvgIpc) is 2.71. The summed E-state index contributed by atoms with van der Waals surface area (Å²) in [6, 6.07) is 1.95. The second-order valence-electron chi connectivity index (χ2n) is 8.24. The van der Waals surface area contributed by atoms with E-state index in [-0.39, 0.29) is 23.3 Å². The van der Waals surface area contributed by atoms with E-state index in [1.165, 1.54) is 11.0 Å². The Morgan fingerprint density at radius 2 is 1.93 bits per heavy atom. The Balaban J connectivity index is 2.24. The molecule has 1 N–H and O–H groups in total. The minimum absolute atomic E-state index is 0.0696. The summed E-state index contributed by atoms with van der Waals surface area (Å²) in [7, 11) is 0. The molecule has 0 spiro atoms. The van der Waals surface area contributed by atoms with Gasteiger partial charge in [0.05, 0.1) is 10.9 Å². The lowest BCUT2D eigenvalue weighted by atomic mass is 9.93. The lowest BCUT2D eigenvalue weighted by Crippen LogP contribution is -2.42. The highest BCUT2D eigenvalue weighted by molar-refractivity contribution is 6.05. The Labute approximate surface area is 171 Å². The van der Waals surface area contributed by atoms with Crippen LogP contribution in [0.15, 0.2) is 15.7 Å². The van der Waals surface area contributed by atoms with Gasteiger partial charge in [-0.3, -0.25) is 19.1 Å². The van der Waals surface area contributed by atoms with Gasteiger partial charge in [-0.15, -0.1) is 0 Å². The number of aromatic amines is 1. The van der Waals surface area contributed by atoms with Crippen LogP contribution in [0.5, 0.6) is 0 Å². The van der Waals surface area contributed by atoms with Crippen molar-refractivity contribution in [3.05, 3.63) is 38.2 Å². The van der Waals surface area contributed by atoms with Crippen molar-refractivity contribution in [1.29, 1.82) is 0 Å². The maximum atomic E-state index is 13.6. The van der Waals surface area contributed by atoms with Crippen LogP contribution >= 0.6 is 0 Å². The molecule has 2 heterocycles. The predicted molar refractivity (Wildman–Crippen MR) is 115 cm³/mol. The molecular weight excluding hydrogens is 368 g/mol. The van der Waals surface area contributed by atoms with Crippen molar-refractivity contribution in [3.63, 3.8) is 0 Å². The molecule has 0 saturated heterocycles. The van der Waals surface area contributed by atoms with Gasteiger partial charge < -0.3 is 4.90 Å². The molecule has 0 radical (unpaired) electrons. The number of nitrogens with one attached hydrogen (secondary N) is 1.